The highest BCUT2D eigenvalue weighted by Crippen LogP contribution is 2.13. The highest BCUT2D eigenvalue weighted by Gasteiger charge is 2.07. The molecule has 4 heteroatoms. The lowest BCUT2D eigenvalue weighted by Crippen LogP contribution is -1.92. The molecule has 76 valence electrons. The van der Waals surface area contributed by atoms with Crippen molar-refractivity contribution in [3.8, 4) is 6.07 Å². The van der Waals surface area contributed by atoms with E-state index in [-0.39, 0.29) is 0 Å². The fourth-order valence-electron chi connectivity index (χ4n) is 1.52. The molecule has 1 N–H and O–H groups in total. The van der Waals surface area contributed by atoms with Crippen molar-refractivity contribution in [3.63, 3.8) is 0 Å². The summed E-state index contributed by atoms with van der Waals surface area (Å²) in [5.74, 6) is 0.813. The third kappa shape index (κ3) is 2.25. The third-order valence-electron chi connectivity index (χ3n) is 2.20. The highest BCUT2D eigenvalue weighted by molar-refractivity contribution is 7.09. The minimum atomic E-state index is 0.532. The second-order valence-corrected chi connectivity index (χ2v) is 4.37. The zero-order valence-electron chi connectivity index (χ0n) is 8.45. The Hall–Kier alpha value is -1.60. The second kappa shape index (κ2) is 4.28. The van der Waals surface area contributed by atoms with Crippen LogP contribution in [0.3, 0.4) is 0 Å². The average molecular weight is 217 g/mol. The summed E-state index contributed by atoms with van der Waals surface area (Å²) in [5.41, 5.74) is 1.48. The van der Waals surface area contributed by atoms with Gasteiger partial charge in [0.25, 0.3) is 0 Å². The van der Waals surface area contributed by atoms with Gasteiger partial charge < -0.3 is 4.98 Å². The maximum absolute atomic E-state index is 8.86. The average Bonchev–Trinajstić information content (AvgIpc) is 2.83. The molecule has 0 fully saturated rings. The minimum Gasteiger partial charge on any atom is -0.345 e. The van der Waals surface area contributed by atoms with E-state index in [0.717, 1.165) is 24.4 Å². The van der Waals surface area contributed by atoms with Crippen molar-refractivity contribution in [2.75, 3.05) is 0 Å². The molecule has 0 spiro atoms. The molecule has 0 radical (unpaired) electrons. The van der Waals surface area contributed by atoms with Crippen LogP contribution in [0.15, 0.2) is 17.5 Å². The van der Waals surface area contributed by atoms with Gasteiger partial charge in [-0.15, -0.1) is 11.3 Å². The van der Waals surface area contributed by atoms with Crippen molar-refractivity contribution in [2.45, 2.75) is 19.8 Å². The predicted octanol–water partition coefficient (Wildman–Crippen LogP) is 2.44. The Bertz CT molecular complexity index is 476. The summed E-state index contributed by atoms with van der Waals surface area (Å²) in [5, 5.41) is 10.9. The number of imidazole rings is 1. The normalized spacial score (nSPS) is 10.1. The highest BCUT2D eigenvalue weighted by atomic mass is 32.1. The molecule has 0 saturated carbocycles. The maximum Gasteiger partial charge on any atom is 0.161 e. The van der Waals surface area contributed by atoms with E-state index in [1.165, 1.54) is 4.88 Å². The van der Waals surface area contributed by atoms with Crippen molar-refractivity contribution in [1.82, 2.24) is 9.97 Å². The Kier molecular flexibility index (Phi) is 2.84. The molecule has 2 heterocycles. The molecule has 0 saturated heterocycles. The molecule has 0 aromatic carbocycles. The third-order valence-corrected chi connectivity index (χ3v) is 3.14. The quantitative estimate of drug-likeness (QED) is 0.858. The lowest BCUT2D eigenvalue weighted by Gasteiger charge is -1.95. The Morgan fingerprint density at radius 3 is 3.07 bits per heavy atom. The van der Waals surface area contributed by atoms with Crippen LogP contribution in [0.1, 0.15) is 22.1 Å². The van der Waals surface area contributed by atoms with Crippen LogP contribution in [-0.4, -0.2) is 9.97 Å². The van der Waals surface area contributed by atoms with Gasteiger partial charge in [-0.1, -0.05) is 6.07 Å². The fraction of sp³-hybridized carbons (Fsp3) is 0.273. The molecular formula is C11H11N3S. The van der Waals surface area contributed by atoms with Gasteiger partial charge in [-0.2, -0.15) is 5.26 Å². The Labute approximate surface area is 92.4 Å². The lowest BCUT2D eigenvalue weighted by molar-refractivity contribution is 0.931. The van der Waals surface area contributed by atoms with E-state index in [1.807, 2.05) is 13.0 Å². The fourth-order valence-corrected chi connectivity index (χ4v) is 2.23. The first-order valence-electron chi connectivity index (χ1n) is 4.77. The molecule has 15 heavy (non-hydrogen) atoms. The van der Waals surface area contributed by atoms with E-state index < -0.39 is 0 Å². The van der Waals surface area contributed by atoms with E-state index in [0.29, 0.717) is 5.69 Å². The van der Waals surface area contributed by atoms with Gasteiger partial charge in [0.1, 0.15) is 11.9 Å². The Morgan fingerprint density at radius 1 is 1.53 bits per heavy atom. The molecule has 0 aliphatic carbocycles. The smallest absolute Gasteiger partial charge is 0.161 e. The van der Waals surface area contributed by atoms with Gasteiger partial charge in [0.15, 0.2) is 5.69 Å². The topological polar surface area (TPSA) is 52.5 Å². The number of aromatic nitrogens is 2. The molecule has 2 aromatic heterocycles. The van der Waals surface area contributed by atoms with Gasteiger partial charge in [-0.25, -0.2) is 4.98 Å². The number of hydrogen-bond acceptors (Lipinski definition) is 3. The van der Waals surface area contributed by atoms with E-state index in [2.05, 4.69) is 27.5 Å². The largest absolute Gasteiger partial charge is 0.345 e. The molecule has 3 nitrogen and oxygen atoms in total. The molecule has 0 aliphatic heterocycles. The lowest BCUT2D eigenvalue weighted by atomic mass is 10.2. The summed E-state index contributed by atoms with van der Waals surface area (Å²) < 4.78 is 0. The summed E-state index contributed by atoms with van der Waals surface area (Å²) >= 11 is 1.75. The molecule has 0 amide bonds. The summed E-state index contributed by atoms with van der Waals surface area (Å²) in [6.07, 6.45) is 1.82. The number of H-pyrrole nitrogens is 1. The summed E-state index contributed by atoms with van der Waals surface area (Å²) in [6, 6.07) is 6.26. The van der Waals surface area contributed by atoms with Crippen LogP contribution in [0.2, 0.25) is 0 Å². The molecule has 2 aromatic rings. The van der Waals surface area contributed by atoms with Gasteiger partial charge in [-0.05, 0) is 31.2 Å². The number of nitriles is 1. The number of hydrogen-bond donors (Lipinski definition) is 1. The van der Waals surface area contributed by atoms with Gasteiger partial charge in [-0.3, -0.25) is 0 Å². The van der Waals surface area contributed by atoms with E-state index in [9.17, 15) is 0 Å². The van der Waals surface area contributed by atoms with Gasteiger partial charge in [0.2, 0.25) is 0 Å². The first kappa shape index (κ1) is 9.94. The number of rotatable bonds is 3. The van der Waals surface area contributed by atoms with Gasteiger partial charge >= 0.3 is 0 Å². The summed E-state index contributed by atoms with van der Waals surface area (Å²) in [7, 11) is 0. The zero-order chi connectivity index (χ0) is 10.7. The van der Waals surface area contributed by atoms with Crippen LogP contribution in [0.25, 0.3) is 0 Å². The van der Waals surface area contributed by atoms with Crippen molar-refractivity contribution in [3.05, 3.63) is 39.6 Å². The molecule has 2 rings (SSSR count). The minimum absolute atomic E-state index is 0.532. The van der Waals surface area contributed by atoms with Crippen molar-refractivity contribution >= 4 is 11.3 Å². The zero-order valence-corrected chi connectivity index (χ0v) is 9.27. The molecule has 0 aliphatic rings. The van der Waals surface area contributed by atoms with Gasteiger partial charge in [0.05, 0.1) is 5.69 Å². The monoisotopic (exact) mass is 217 g/mol. The van der Waals surface area contributed by atoms with Crippen LogP contribution in [0, 0.1) is 18.3 Å². The van der Waals surface area contributed by atoms with E-state index >= 15 is 0 Å². The number of aromatic amines is 1. The first-order valence-corrected chi connectivity index (χ1v) is 5.65. The van der Waals surface area contributed by atoms with Crippen molar-refractivity contribution < 1.29 is 0 Å². The molecular weight excluding hydrogens is 206 g/mol. The van der Waals surface area contributed by atoms with Crippen LogP contribution in [0.5, 0.6) is 0 Å². The van der Waals surface area contributed by atoms with Crippen LogP contribution < -0.4 is 0 Å². The second-order valence-electron chi connectivity index (χ2n) is 3.34. The number of nitrogens with one attached hydrogen (secondary N) is 1. The Morgan fingerprint density at radius 2 is 2.40 bits per heavy atom. The summed E-state index contributed by atoms with van der Waals surface area (Å²) in [4.78, 5) is 8.58. The molecule has 0 unspecified atom stereocenters. The number of aryl methyl sites for hydroxylation is 3. The standard InChI is InChI=1S/C11H11N3S/c1-8-13-10(11(7-12)14-8)5-4-9-3-2-6-15-9/h2-3,6H,4-5H2,1H3,(H,13,14). The molecule has 0 bridgehead atoms. The van der Waals surface area contributed by atoms with Crippen LogP contribution >= 0.6 is 11.3 Å². The van der Waals surface area contributed by atoms with Crippen LogP contribution in [-0.2, 0) is 12.8 Å². The number of thiophene rings is 1. The van der Waals surface area contributed by atoms with Crippen molar-refractivity contribution in [2.24, 2.45) is 0 Å². The predicted molar refractivity (Wildman–Crippen MR) is 59.8 cm³/mol. The Balaban J connectivity index is 2.08. The SMILES string of the molecule is Cc1nc(C#N)c(CCc2cccs2)[nH]1. The maximum atomic E-state index is 8.86. The van der Waals surface area contributed by atoms with E-state index in [1.54, 1.807) is 11.3 Å². The molecule has 0 atom stereocenters. The van der Waals surface area contributed by atoms with E-state index in [4.69, 9.17) is 5.26 Å². The van der Waals surface area contributed by atoms with Crippen LogP contribution in [0.4, 0.5) is 0 Å². The first-order chi connectivity index (χ1) is 7.29. The number of nitrogens with zero attached hydrogens (tertiary/aromatic N) is 2. The van der Waals surface area contributed by atoms with Crippen molar-refractivity contribution in [1.29, 1.82) is 5.26 Å². The van der Waals surface area contributed by atoms with Gasteiger partial charge in [0, 0.05) is 4.88 Å². The summed E-state index contributed by atoms with van der Waals surface area (Å²) in [6.45, 7) is 1.87.